The molecule has 5 rings (SSSR count). The summed E-state index contributed by atoms with van der Waals surface area (Å²) >= 11 is 0. The van der Waals surface area contributed by atoms with Crippen LogP contribution in [0.15, 0.2) is 31.0 Å². The van der Waals surface area contributed by atoms with Gasteiger partial charge >= 0.3 is 0 Å². The van der Waals surface area contributed by atoms with Crippen LogP contribution in [0.4, 0.5) is 11.6 Å². The number of fused-ring (bicyclic) bond motifs is 4. The van der Waals surface area contributed by atoms with Gasteiger partial charge < -0.3 is 19.9 Å². The number of anilines is 2. The van der Waals surface area contributed by atoms with Gasteiger partial charge in [0.25, 0.3) is 0 Å². The normalized spacial score (nSPS) is 23.2. The number of aromatic amines is 1. The van der Waals surface area contributed by atoms with Crippen LogP contribution in [0.25, 0.3) is 11.2 Å². The van der Waals surface area contributed by atoms with Crippen molar-refractivity contribution in [1.29, 1.82) is 0 Å². The molecule has 8 nitrogen and oxygen atoms in total. The molecule has 3 aromatic heterocycles. The molecule has 0 saturated carbocycles. The van der Waals surface area contributed by atoms with Crippen LogP contribution in [-0.2, 0) is 6.54 Å². The van der Waals surface area contributed by atoms with Crippen molar-refractivity contribution >= 4 is 22.8 Å². The van der Waals surface area contributed by atoms with Gasteiger partial charge in [0, 0.05) is 31.4 Å². The Morgan fingerprint density at radius 2 is 2.08 bits per heavy atom. The highest BCUT2D eigenvalue weighted by Crippen LogP contribution is 2.34. The molecule has 0 unspecified atom stereocenters. The van der Waals surface area contributed by atoms with Crippen LogP contribution in [0.3, 0.4) is 0 Å². The maximum Gasteiger partial charge on any atom is 0.182 e. The first-order chi connectivity index (χ1) is 11.8. The van der Waals surface area contributed by atoms with E-state index in [4.69, 9.17) is 0 Å². The number of hydrogen-bond acceptors (Lipinski definition) is 7. The molecule has 0 aliphatic carbocycles. The highest BCUT2D eigenvalue weighted by Gasteiger charge is 2.37. The monoisotopic (exact) mass is 323 g/mol. The molecule has 1 fully saturated rings. The Hall–Kier alpha value is -2.74. The molecule has 8 heteroatoms. The largest absolute Gasteiger partial charge is 0.391 e. The van der Waals surface area contributed by atoms with Crippen LogP contribution < -0.4 is 9.80 Å². The zero-order valence-corrected chi connectivity index (χ0v) is 13.0. The average Bonchev–Trinajstić information content (AvgIpc) is 3.18. The number of rotatable bonds is 1. The lowest BCUT2D eigenvalue weighted by Crippen LogP contribution is -2.38. The summed E-state index contributed by atoms with van der Waals surface area (Å²) in [6.45, 7) is 2.13. The third kappa shape index (κ3) is 2.03. The molecule has 3 aromatic rings. The van der Waals surface area contributed by atoms with Crippen molar-refractivity contribution < 1.29 is 5.11 Å². The fourth-order valence-corrected chi connectivity index (χ4v) is 3.81. The number of aromatic nitrogens is 5. The summed E-state index contributed by atoms with van der Waals surface area (Å²) in [7, 11) is 0. The summed E-state index contributed by atoms with van der Waals surface area (Å²) in [5, 5.41) is 10.1. The summed E-state index contributed by atoms with van der Waals surface area (Å²) in [6.07, 6.45) is 5.43. The minimum atomic E-state index is -0.317. The van der Waals surface area contributed by atoms with Gasteiger partial charge in [0.1, 0.15) is 17.7 Å². The maximum absolute atomic E-state index is 10.1. The molecule has 2 N–H and O–H groups in total. The van der Waals surface area contributed by atoms with Gasteiger partial charge in [-0.05, 0) is 12.5 Å². The molecule has 1 saturated heterocycles. The van der Waals surface area contributed by atoms with Crippen molar-refractivity contribution in [3.05, 3.63) is 36.5 Å². The Bertz CT molecular complexity index is 895. The van der Waals surface area contributed by atoms with Crippen molar-refractivity contribution in [3.63, 3.8) is 0 Å². The molecule has 2 aliphatic rings. The summed E-state index contributed by atoms with van der Waals surface area (Å²) < 4.78 is 0. The molecule has 122 valence electrons. The molecule has 2 atom stereocenters. The van der Waals surface area contributed by atoms with Crippen molar-refractivity contribution in [3.8, 4) is 0 Å². The van der Waals surface area contributed by atoms with Gasteiger partial charge in [-0.3, -0.25) is 0 Å². The second kappa shape index (κ2) is 5.13. The van der Waals surface area contributed by atoms with Crippen molar-refractivity contribution in [2.75, 3.05) is 22.9 Å². The second-order valence-electron chi connectivity index (χ2n) is 6.36. The number of H-pyrrole nitrogens is 1. The van der Waals surface area contributed by atoms with Crippen molar-refractivity contribution in [1.82, 2.24) is 24.9 Å². The average molecular weight is 323 g/mol. The van der Waals surface area contributed by atoms with Gasteiger partial charge in [-0.1, -0.05) is 6.07 Å². The molecule has 0 radical (unpaired) electrons. The summed E-state index contributed by atoms with van der Waals surface area (Å²) in [4.78, 5) is 25.1. The van der Waals surface area contributed by atoms with Gasteiger partial charge in [-0.25, -0.2) is 19.9 Å². The van der Waals surface area contributed by atoms with Gasteiger partial charge in [-0.2, -0.15) is 0 Å². The van der Waals surface area contributed by atoms with Crippen LogP contribution in [0.2, 0.25) is 0 Å². The van der Waals surface area contributed by atoms with Crippen molar-refractivity contribution in [2.24, 2.45) is 0 Å². The van der Waals surface area contributed by atoms with E-state index in [-0.39, 0.29) is 12.1 Å². The van der Waals surface area contributed by atoms with Crippen LogP contribution in [0.5, 0.6) is 0 Å². The SMILES string of the molecule is O[C@@H]1C[C@H]2CN(c3ncnc4nc[nH]c34)Cc3cccnc3N2C1. The molecular weight excluding hydrogens is 306 g/mol. The van der Waals surface area contributed by atoms with Crippen LogP contribution in [-0.4, -0.2) is 55.3 Å². The lowest BCUT2D eigenvalue weighted by atomic mass is 10.2. The predicted molar refractivity (Wildman–Crippen MR) is 88.7 cm³/mol. The van der Waals surface area contributed by atoms with Crippen LogP contribution >= 0.6 is 0 Å². The number of aliphatic hydroxyl groups excluding tert-OH is 1. The zero-order valence-electron chi connectivity index (χ0n) is 13.0. The number of hydrogen-bond donors (Lipinski definition) is 2. The third-order valence-electron chi connectivity index (χ3n) is 4.83. The Balaban J connectivity index is 1.62. The number of nitrogens with zero attached hydrogens (tertiary/aromatic N) is 6. The van der Waals surface area contributed by atoms with Crippen LogP contribution in [0.1, 0.15) is 12.0 Å². The molecule has 24 heavy (non-hydrogen) atoms. The maximum atomic E-state index is 10.1. The van der Waals surface area contributed by atoms with E-state index >= 15 is 0 Å². The highest BCUT2D eigenvalue weighted by atomic mass is 16.3. The molecular formula is C16H17N7O. The van der Waals surface area contributed by atoms with E-state index in [0.29, 0.717) is 12.2 Å². The van der Waals surface area contributed by atoms with E-state index in [1.807, 2.05) is 12.3 Å². The second-order valence-corrected chi connectivity index (χ2v) is 6.36. The number of pyridine rings is 1. The summed E-state index contributed by atoms with van der Waals surface area (Å²) in [6, 6.07) is 4.26. The third-order valence-corrected chi connectivity index (χ3v) is 4.83. The smallest absolute Gasteiger partial charge is 0.182 e. The first-order valence-electron chi connectivity index (χ1n) is 8.07. The molecule has 2 aliphatic heterocycles. The first-order valence-corrected chi connectivity index (χ1v) is 8.07. The summed E-state index contributed by atoms with van der Waals surface area (Å²) in [5.74, 6) is 1.81. The molecule has 5 heterocycles. The quantitative estimate of drug-likeness (QED) is 0.681. The lowest BCUT2D eigenvalue weighted by Gasteiger charge is -2.27. The first kappa shape index (κ1) is 13.7. The number of imidazole rings is 1. The zero-order chi connectivity index (χ0) is 16.1. The predicted octanol–water partition coefficient (Wildman–Crippen LogP) is 0.708. The van der Waals surface area contributed by atoms with E-state index in [9.17, 15) is 5.11 Å². The highest BCUT2D eigenvalue weighted by molar-refractivity contribution is 5.83. The number of nitrogens with one attached hydrogen (secondary N) is 1. The minimum Gasteiger partial charge on any atom is -0.391 e. The summed E-state index contributed by atoms with van der Waals surface area (Å²) in [5.41, 5.74) is 2.65. The van der Waals surface area contributed by atoms with Gasteiger partial charge in [0.2, 0.25) is 0 Å². The van der Waals surface area contributed by atoms with E-state index in [1.54, 1.807) is 12.7 Å². The molecule has 0 spiro atoms. The standard InChI is InChI=1S/C16H17N7O/c24-12-4-11-6-22(16-13-14(19-8-18-13)20-9-21-16)5-10-2-1-3-17-15(10)23(11)7-12/h1-3,8-9,11-12,24H,4-7H2,(H,18,19,20,21)/t11-,12+/m0/s1. The lowest BCUT2D eigenvalue weighted by molar-refractivity contribution is 0.194. The molecule has 0 bridgehead atoms. The Labute approximate surface area is 138 Å². The van der Waals surface area contributed by atoms with E-state index in [1.165, 1.54) is 0 Å². The van der Waals surface area contributed by atoms with Crippen LogP contribution in [0, 0.1) is 0 Å². The topological polar surface area (TPSA) is 94.1 Å². The minimum absolute atomic E-state index is 0.212. The Morgan fingerprint density at radius 1 is 1.12 bits per heavy atom. The van der Waals surface area contributed by atoms with Gasteiger partial charge in [0.15, 0.2) is 11.5 Å². The molecule has 0 amide bonds. The van der Waals surface area contributed by atoms with E-state index in [0.717, 1.165) is 42.2 Å². The Kier molecular flexibility index (Phi) is 2.93. The molecule has 0 aromatic carbocycles. The van der Waals surface area contributed by atoms with E-state index < -0.39 is 0 Å². The van der Waals surface area contributed by atoms with Gasteiger partial charge in [0.05, 0.1) is 18.5 Å². The van der Waals surface area contributed by atoms with Gasteiger partial charge in [-0.15, -0.1) is 0 Å². The van der Waals surface area contributed by atoms with E-state index in [2.05, 4.69) is 40.8 Å². The van der Waals surface area contributed by atoms with Crippen molar-refractivity contribution in [2.45, 2.75) is 25.1 Å². The number of aliphatic hydroxyl groups is 1. The Morgan fingerprint density at radius 3 is 3.04 bits per heavy atom. The fraction of sp³-hybridized carbons (Fsp3) is 0.375. The fourth-order valence-electron chi connectivity index (χ4n) is 3.81.